The number of carbonyl (C=O) groups excluding carboxylic acids is 1. The van der Waals surface area contributed by atoms with E-state index < -0.39 is 0 Å². The standard InChI is InChI=1S/C23H23ClN2O2/c1-3-13-25-23-21(22(27)17-5-9-19(24)10-6-17)14-18(15-26-23)16-7-11-20(12-8-16)28-4-2/h5-12,14-15H,3-4,13H2,1-2H3,(H,25,26). The van der Waals surface area contributed by atoms with Crippen LogP contribution in [-0.4, -0.2) is 23.9 Å². The van der Waals surface area contributed by atoms with Crippen LogP contribution >= 0.6 is 11.6 Å². The Morgan fingerprint density at radius 2 is 1.75 bits per heavy atom. The van der Waals surface area contributed by atoms with Crippen molar-refractivity contribution in [2.24, 2.45) is 0 Å². The molecule has 1 heterocycles. The van der Waals surface area contributed by atoms with E-state index in [4.69, 9.17) is 16.3 Å². The Balaban J connectivity index is 1.98. The molecule has 0 bridgehead atoms. The molecule has 2 aromatic carbocycles. The van der Waals surface area contributed by atoms with Gasteiger partial charge in [-0.15, -0.1) is 0 Å². The highest BCUT2D eigenvalue weighted by molar-refractivity contribution is 6.30. The zero-order valence-corrected chi connectivity index (χ0v) is 16.8. The first-order chi connectivity index (χ1) is 13.6. The van der Waals surface area contributed by atoms with Crippen molar-refractivity contribution >= 4 is 23.2 Å². The fourth-order valence-electron chi connectivity index (χ4n) is 2.85. The first-order valence-corrected chi connectivity index (χ1v) is 9.77. The van der Waals surface area contributed by atoms with Crippen molar-refractivity contribution in [1.82, 2.24) is 4.98 Å². The average Bonchev–Trinajstić information content (AvgIpc) is 2.73. The number of pyridine rings is 1. The molecule has 0 atom stereocenters. The van der Waals surface area contributed by atoms with E-state index in [2.05, 4.69) is 17.2 Å². The fourth-order valence-corrected chi connectivity index (χ4v) is 2.97. The molecule has 1 aromatic heterocycles. The predicted molar refractivity (Wildman–Crippen MR) is 115 cm³/mol. The quantitative estimate of drug-likeness (QED) is 0.486. The molecule has 0 radical (unpaired) electrons. The average molecular weight is 395 g/mol. The number of hydrogen-bond donors (Lipinski definition) is 1. The monoisotopic (exact) mass is 394 g/mol. The molecule has 1 N–H and O–H groups in total. The summed E-state index contributed by atoms with van der Waals surface area (Å²) in [6.07, 6.45) is 2.73. The summed E-state index contributed by atoms with van der Waals surface area (Å²) < 4.78 is 5.50. The number of halogens is 1. The minimum Gasteiger partial charge on any atom is -0.494 e. The lowest BCUT2D eigenvalue weighted by molar-refractivity contribution is 0.103. The fraction of sp³-hybridized carbons (Fsp3) is 0.217. The zero-order chi connectivity index (χ0) is 19.9. The van der Waals surface area contributed by atoms with E-state index in [0.717, 1.165) is 29.8 Å². The van der Waals surface area contributed by atoms with Crippen molar-refractivity contribution in [2.45, 2.75) is 20.3 Å². The van der Waals surface area contributed by atoms with Gasteiger partial charge in [-0.2, -0.15) is 0 Å². The van der Waals surface area contributed by atoms with Gasteiger partial charge in [-0.3, -0.25) is 4.79 Å². The number of carbonyl (C=O) groups is 1. The van der Waals surface area contributed by atoms with Crippen LogP contribution in [0.2, 0.25) is 5.02 Å². The van der Waals surface area contributed by atoms with Gasteiger partial charge in [0.15, 0.2) is 5.78 Å². The van der Waals surface area contributed by atoms with E-state index in [1.54, 1.807) is 30.5 Å². The Morgan fingerprint density at radius 3 is 2.39 bits per heavy atom. The lowest BCUT2D eigenvalue weighted by Gasteiger charge is -2.12. The molecule has 0 fully saturated rings. The minimum atomic E-state index is -0.0874. The highest BCUT2D eigenvalue weighted by Crippen LogP contribution is 2.27. The summed E-state index contributed by atoms with van der Waals surface area (Å²) in [5, 5.41) is 3.85. The molecule has 0 saturated carbocycles. The van der Waals surface area contributed by atoms with Crippen molar-refractivity contribution in [3.63, 3.8) is 0 Å². The molecule has 144 valence electrons. The third kappa shape index (κ3) is 4.70. The van der Waals surface area contributed by atoms with Gasteiger partial charge in [0.2, 0.25) is 0 Å². The molecule has 0 spiro atoms. The smallest absolute Gasteiger partial charge is 0.196 e. The van der Waals surface area contributed by atoms with E-state index in [0.29, 0.717) is 28.6 Å². The molecule has 0 saturated heterocycles. The van der Waals surface area contributed by atoms with Gasteiger partial charge in [0.25, 0.3) is 0 Å². The van der Waals surface area contributed by atoms with Crippen LogP contribution in [-0.2, 0) is 0 Å². The molecule has 0 aliphatic heterocycles. The number of benzene rings is 2. The molecular weight excluding hydrogens is 372 g/mol. The lowest BCUT2D eigenvalue weighted by atomic mass is 9.99. The van der Waals surface area contributed by atoms with Crippen molar-refractivity contribution in [2.75, 3.05) is 18.5 Å². The predicted octanol–water partition coefficient (Wildman–Crippen LogP) is 5.85. The maximum Gasteiger partial charge on any atom is 0.196 e. The maximum absolute atomic E-state index is 13.1. The van der Waals surface area contributed by atoms with Crippen LogP contribution in [0.25, 0.3) is 11.1 Å². The Kier molecular flexibility index (Phi) is 6.66. The number of rotatable bonds is 8. The summed E-state index contributed by atoms with van der Waals surface area (Å²) in [5.41, 5.74) is 2.97. The number of nitrogens with one attached hydrogen (secondary N) is 1. The third-order valence-corrected chi connectivity index (χ3v) is 4.53. The largest absolute Gasteiger partial charge is 0.494 e. The second-order valence-electron chi connectivity index (χ2n) is 6.34. The zero-order valence-electron chi connectivity index (χ0n) is 16.0. The summed E-state index contributed by atoms with van der Waals surface area (Å²) in [5.74, 6) is 1.32. The molecule has 3 rings (SSSR count). The third-order valence-electron chi connectivity index (χ3n) is 4.28. The van der Waals surface area contributed by atoms with Crippen LogP contribution in [0.5, 0.6) is 5.75 Å². The molecule has 4 nitrogen and oxygen atoms in total. The van der Waals surface area contributed by atoms with Crippen molar-refractivity contribution in [1.29, 1.82) is 0 Å². The van der Waals surface area contributed by atoms with Crippen LogP contribution in [0.1, 0.15) is 36.2 Å². The number of anilines is 1. The molecule has 5 heteroatoms. The number of nitrogens with zero attached hydrogens (tertiary/aromatic N) is 1. The van der Waals surface area contributed by atoms with Crippen LogP contribution in [0.15, 0.2) is 60.8 Å². The van der Waals surface area contributed by atoms with Crippen LogP contribution in [0.3, 0.4) is 0 Å². The van der Waals surface area contributed by atoms with Gasteiger partial charge in [-0.1, -0.05) is 30.7 Å². The van der Waals surface area contributed by atoms with Crippen LogP contribution in [0.4, 0.5) is 5.82 Å². The van der Waals surface area contributed by atoms with Crippen molar-refractivity contribution in [3.05, 3.63) is 76.9 Å². The number of ketones is 1. The maximum atomic E-state index is 13.1. The Morgan fingerprint density at radius 1 is 1.04 bits per heavy atom. The first-order valence-electron chi connectivity index (χ1n) is 9.39. The summed E-state index contributed by atoms with van der Waals surface area (Å²) in [7, 11) is 0. The SMILES string of the molecule is CCCNc1ncc(-c2ccc(OCC)cc2)cc1C(=O)c1ccc(Cl)cc1. The normalized spacial score (nSPS) is 10.5. The molecular formula is C23H23ClN2O2. The molecule has 28 heavy (non-hydrogen) atoms. The molecule has 0 amide bonds. The molecule has 0 aliphatic carbocycles. The summed E-state index contributed by atoms with van der Waals surface area (Å²) in [4.78, 5) is 17.6. The topological polar surface area (TPSA) is 51.2 Å². The first kappa shape index (κ1) is 19.9. The summed E-state index contributed by atoms with van der Waals surface area (Å²) >= 11 is 5.96. The highest BCUT2D eigenvalue weighted by atomic mass is 35.5. The van der Waals surface area contributed by atoms with E-state index in [-0.39, 0.29) is 5.78 Å². The van der Waals surface area contributed by atoms with Gasteiger partial charge in [-0.05, 0) is 61.4 Å². The van der Waals surface area contributed by atoms with Gasteiger partial charge in [-0.25, -0.2) is 4.98 Å². The Labute approximate surface area is 170 Å². The van der Waals surface area contributed by atoms with E-state index in [9.17, 15) is 4.79 Å². The molecule has 0 aliphatic rings. The highest BCUT2D eigenvalue weighted by Gasteiger charge is 2.16. The van der Waals surface area contributed by atoms with E-state index in [1.807, 2.05) is 37.3 Å². The van der Waals surface area contributed by atoms with E-state index >= 15 is 0 Å². The van der Waals surface area contributed by atoms with Crippen LogP contribution in [0, 0.1) is 0 Å². The van der Waals surface area contributed by atoms with Gasteiger partial charge in [0.05, 0.1) is 12.2 Å². The summed E-state index contributed by atoms with van der Waals surface area (Å²) in [6, 6.07) is 16.6. The second-order valence-corrected chi connectivity index (χ2v) is 6.78. The van der Waals surface area contributed by atoms with Crippen LogP contribution < -0.4 is 10.1 Å². The van der Waals surface area contributed by atoms with Gasteiger partial charge < -0.3 is 10.1 Å². The van der Waals surface area contributed by atoms with Gasteiger partial charge in [0, 0.05) is 28.9 Å². The van der Waals surface area contributed by atoms with Gasteiger partial charge >= 0.3 is 0 Å². The van der Waals surface area contributed by atoms with E-state index in [1.165, 1.54) is 0 Å². The lowest BCUT2D eigenvalue weighted by Crippen LogP contribution is -2.10. The number of aromatic nitrogens is 1. The molecule has 3 aromatic rings. The Bertz CT molecular complexity index is 938. The van der Waals surface area contributed by atoms with Gasteiger partial charge in [0.1, 0.15) is 11.6 Å². The molecule has 0 unspecified atom stereocenters. The number of ether oxygens (including phenoxy) is 1. The number of hydrogen-bond acceptors (Lipinski definition) is 4. The Hall–Kier alpha value is -2.85. The minimum absolute atomic E-state index is 0.0874. The van der Waals surface area contributed by atoms with Crippen molar-refractivity contribution in [3.8, 4) is 16.9 Å². The second kappa shape index (κ2) is 9.38. The summed E-state index contributed by atoms with van der Waals surface area (Å²) in [6.45, 7) is 5.39. The van der Waals surface area contributed by atoms with Crippen molar-refractivity contribution < 1.29 is 9.53 Å².